The van der Waals surface area contributed by atoms with Crippen molar-refractivity contribution in [2.24, 2.45) is 0 Å². The zero-order valence-electron chi connectivity index (χ0n) is 10.2. The molecule has 7 nitrogen and oxygen atoms in total. The molecule has 0 spiro atoms. The van der Waals surface area contributed by atoms with Crippen LogP contribution in [-0.2, 0) is 9.59 Å². The van der Waals surface area contributed by atoms with Gasteiger partial charge in [-0.3, -0.25) is 14.9 Å². The highest BCUT2D eigenvalue weighted by molar-refractivity contribution is 6.06. The summed E-state index contributed by atoms with van der Waals surface area (Å²) in [6.07, 6.45) is 0. The number of hydrogen-bond donors (Lipinski definition) is 3. The summed E-state index contributed by atoms with van der Waals surface area (Å²) in [5.41, 5.74) is 6.13. The third-order valence-corrected chi connectivity index (χ3v) is 2.98. The number of hydrogen-bond acceptors (Lipinski definition) is 5. The molecule has 0 bridgehead atoms. The van der Waals surface area contributed by atoms with Gasteiger partial charge in [0.15, 0.2) is 0 Å². The lowest BCUT2D eigenvalue weighted by molar-refractivity contribution is -0.132. The fourth-order valence-corrected chi connectivity index (χ4v) is 1.98. The molecule has 0 saturated carbocycles. The first-order chi connectivity index (χ1) is 8.90. The van der Waals surface area contributed by atoms with E-state index >= 15 is 0 Å². The lowest BCUT2D eigenvalue weighted by Gasteiger charge is -2.34. The van der Waals surface area contributed by atoms with E-state index < -0.39 is 23.8 Å². The van der Waals surface area contributed by atoms with E-state index in [9.17, 15) is 19.5 Å². The Morgan fingerprint density at radius 1 is 1.47 bits per heavy atom. The SMILES string of the molecule is CC1C(=O)NC(=O)CN1c1ccc(N)cc1C(=O)O. The number of carboxylic acid groups (broad SMARTS) is 1. The molecule has 19 heavy (non-hydrogen) atoms. The maximum Gasteiger partial charge on any atom is 0.337 e. The van der Waals surface area contributed by atoms with E-state index in [-0.39, 0.29) is 12.1 Å². The summed E-state index contributed by atoms with van der Waals surface area (Å²) in [6, 6.07) is 3.72. The third kappa shape index (κ3) is 2.35. The molecule has 1 aromatic rings. The van der Waals surface area contributed by atoms with Gasteiger partial charge in [-0.1, -0.05) is 0 Å². The molecule has 2 amide bonds. The molecule has 100 valence electrons. The Morgan fingerprint density at radius 3 is 2.79 bits per heavy atom. The maximum atomic E-state index is 11.6. The molecule has 1 heterocycles. The van der Waals surface area contributed by atoms with Gasteiger partial charge >= 0.3 is 5.97 Å². The van der Waals surface area contributed by atoms with Crippen molar-refractivity contribution in [3.05, 3.63) is 23.8 Å². The Morgan fingerprint density at radius 2 is 2.16 bits per heavy atom. The van der Waals surface area contributed by atoms with Crippen LogP contribution >= 0.6 is 0 Å². The Bertz CT molecular complexity index is 570. The molecule has 1 aromatic carbocycles. The molecule has 1 saturated heterocycles. The molecule has 0 aromatic heterocycles. The van der Waals surface area contributed by atoms with Gasteiger partial charge in [-0.15, -0.1) is 0 Å². The standard InChI is InChI=1S/C12H13N3O4/c1-6-11(17)14-10(16)5-15(6)9-3-2-7(13)4-8(9)12(18)19/h2-4,6H,5,13H2,1H3,(H,18,19)(H,14,16,17). The Hall–Kier alpha value is -2.57. The second kappa shape index (κ2) is 4.60. The average Bonchev–Trinajstić information content (AvgIpc) is 2.34. The van der Waals surface area contributed by atoms with Gasteiger partial charge in [0.05, 0.1) is 17.8 Å². The molecular weight excluding hydrogens is 250 g/mol. The van der Waals surface area contributed by atoms with Crippen LogP contribution < -0.4 is 16.0 Å². The Kier molecular flexibility index (Phi) is 3.12. The molecule has 0 radical (unpaired) electrons. The second-order valence-electron chi connectivity index (χ2n) is 4.30. The lowest BCUT2D eigenvalue weighted by Crippen LogP contribution is -2.57. The van der Waals surface area contributed by atoms with Crippen LogP contribution in [0.3, 0.4) is 0 Å². The molecule has 1 atom stereocenters. The van der Waals surface area contributed by atoms with Crippen molar-refractivity contribution in [3.8, 4) is 0 Å². The number of aromatic carboxylic acids is 1. The van der Waals surface area contributed by atoms with Crippen LogP contribution in [0.1, 0.15) is 17.3 Å². The molecule has 1 unspecified atom stereocenters. The van der Waals surface area contributed by atoms with Crippen molar-refractivity contribution < 1.29 is 19.5 Å². The van der Waals surface area contributed by atoms with Crippen molar-refractivity contribution in [2.45, 2.75) is 13.0 Å². The number of nitrogens with zero attached hydrogens (tertiary/aromatic N) is 1. The van der Waals surface area contributed by atoms with E-state index in [0.717, 1.165) is 0 Å². The van der Waals surface area contributed by atoms with Crippen LogP contribution in [0.2, 0.25) is 0 Å². The minimum atomic E-state index is -1.16. The van der Waals surface area contributed by atoms with Crippen molar-refractivity contribution >= 4 is 29.2 Å². The largest absolute Gasteiger partial charge is 0.478 e. The van der Waals surface area contributed by atoms with Gasteiger partial charge in [-0.25, -0.2) is 4.79 Å². The van der Waals surface area contributed by atoms with Crippen LogP contribution in [0.25, 0.3) is 0 Å². The zero-order valence-corrected chi connectivity index (χ0v) is 10.2. The number of benzene rings is 1. The lowest BCUT2D eigenvalue weighted by atomic mass is 10.1. The highest BCUT2D eigenvalue weighted by atomic mass is 16.4. The number of piperazine rings is 1. The fourth-order valence-electron chi connectivity index (χ4n) is 1.98. The summed E-state index contributed by atoms with van der Waals surface area (Å²) in [7, 11) is 0. The normalized spacial score (nSPS) is 19.2. The predicted octanol–water partition coefficient (Wildman–Crippen LogP) is -0.182. The van der Waals surface area contributed by atoms with Gasteiger partial charge in [0, 0.05) is 5.69 Å². The van der Waals surface area contributed by atoms with Crippen LogP contribution in [0, 0.1) is 0 Å². The quantitative estimate of drug-likeness (QED) is 0.504. The average molecular weight is 263 g/mol. The number of nitrogens with two attached hydrogens (primary N) is 1. The first kappa shape index (κ1) is 12.9. The first-order valence-corrected chi connectivity index (χ1v) is 5.63. The number of rotatable bonds is 2. The highest BCUT2D eigenvalue weighted by Crippen LogP contribution is 2.26. The second-order valence-corrected chi connectivity index (χ2v) is 4.30. The van der Waals surface area contributed by atoms with Crippen LogP contribution in [0.4, 0.5) is 11.4 Å². The summed E-state index contributed by atoms with van der Waals surface area (Å²) >= 11 is 0. The molecule has 1 aliphatic rings. The molecular formula is C12H13N3O4. The summed E-state index contributed by atoms with van der Waals surface area (Å²) in [5, 5.41) is 11.4. The smallest absolute Gasteiger partial charge is 0.337 e. The van der Waals surface area contributed by atoms with Gasteiger partial charge in [-0.2, -0.15) is 0 Å². The topological polar surface area (TPSA) is 113 Å². The number of nitrogens with one attached hydrogen (secondary N) is 1. The molecule has 2 rings (SSSR count). The van der Waals surface area contributed by atoms with Crippen molar-refractivity contribution in [2.75, 3.05) is 17.2 Å². The molecule has 0 aliphatic carbocycles. The van der Waals surface area contributed by atoms with Crippen molar-refractivity contribution in [1.29, 1.82) is 0 Å². The molecule has 7 heteroatoms. The van der Waals surface area contributed by atoms with Gasteiger partial charge in [0.1, 0.15) is 6.04 Å². The van der Waals surface area contributed by atoms with Crippen molar-refractivity contribution in [1.82, 2.24) is 5.32 Å². The summed E-state index contributed by atoms with van der Waals surface area (Å²) < 4.78 is 0. The number of anilines is 2. The van der Waals surface area contributed by atoms with E-state index in [4.69, 9.17) is 5.73 Å². The third-order valence-electron chi connectivity index (χ3n) is 2.98. The van der Waals surface area contributed by atoms with E-state index in [0.29, 0.717) is 11.4 Å². The van der Waals surface area contributed by atoms with Gasteiger partial charge in [0.25, 0.3) is 0 Å². The van der Waals surface area contributed by atoms with Crippen molar-refractivity contribution in [3.63, 3.8) is 0 Å². The van der Waals surface area contributed by atoms with E-state index in [1.807, 2.05) is 0 Å². The van der Waals surface area contributed by atoms with Gasteiger partial charge in [-0.05, 0) is 25.1 Å². The van der Waals surface area contributed by atoms with E-state index in [1.165, 1.54) is 23.1 Å². The number of amides is 2. The molecule has 1 aliphatic heterocycles. The van der Waals surface area contributed by atoms with Crippen LogP contribution in [-0.4, -0.2) is 35.5 Å². The van der Waals surface area contributed by atoms with Crippen LogP contribution in [0.5, 0.6) is 0 Å². The predicted molar refractivity (Wildman–Crippen MR) is 67.8 cm³/mol. The van der Waals surface area contributed by atoms with Crippen LogP contribution in [0.15, 0.2) is 18.2 Å². The number of imide groups is 1. The fraction of sp³-hybridized carbons (Fsp3) is 0.250. The maximum absolute atomic E-state index is 11.6. The molecule has 1 fully saturated rings. The number of carbonyl (C=O) groups excluding carboxylic acids is 2. The van der Waals surface area contributed by atoms with Gasteiger partial charge < -0.3 is 15.7 Å². The minimum Gasteiger partial charge on any atom is -0.478 e. The highest BCUT2D eigenvalue weighted by Gasteiger charge is 2.32. The Labute approximate surface area is 109 Å². The first-order valence-electron chi connectivity index (χ1n) is 5.63. The van der Waals surface area contributed by atoms with Gasteiger partial charge in [0.2, 0.25) is 11.8 Å². The number of carboxylic acids is 1. The summed E-state index contributed by atoms with van der Waals surface area (Å²) in [4.78, 5) is 35.7. The van der Waals surface area contributed by atoms with E-state index in [1.54, 1.807) is 6.92 Å². The van der Waals surface area contributed by atoms with E-state index in [2.05, 4.69) is 5.32 Å². The number of carbonyl (C=O) groups is 3. The minimum absolute atomic E-state index is 0.0330. The monoisotopic (exact) mass is 263 g/mol. The summed E-state index contributed by atoms with van der Waals surface area (Å²) in [6.45, 7) is 1.53. The zero-order chi connectivity index (χ0) is 14.2. The Balaban J connectivity index is 2.48. The number of nitrogen functional groups attached to an aromatic ring is 1. The summed E-state index contributed by atoms with van der Waals surface area (Å²) in [5.74, 6) is -2.08. The molecule has 4 N–H and O–H groups in total.